The van der Waals surface area contributed by atoms with Crippen LogP contribution in [-0.4, -0.2) is 18.1 Å². The second-order valence-corrected chi connectivity index (χ2v) is 5.18. The van der Waals surface area contributed by atoms with Crippen molar-refractivity contribution < 1.29 is 0 Å². The lowest BCUT2D eigenvalue weighted by atomic mass is 9.91. The van der Waals surface area contributed by atoms with Gasteiger partial charge in [-0.05, 0) is 36.1 Å². The molecule has 1 aromatic rings. The van der Waals surface area contributed by atoms with E-state index in [9.17, 15) is 0 Å². The average molecular weight is 255 g/mol. The minimum atomic E-state index is 0.380. The molecule has 0 aromatic carbocycles. The predicted octanol–water partition coefficient (Wildman–Crippen LogP) is 3.01. The molecule has 1 saturated heterocycles. The minimum absolute atomic E-state index is 0.380. The zero-order valence-electron chi connectivity index (χ0n) is 8.71. The van der Waals surface area contributed by atoms with Gasteiger partial charge in [-0.1, -0.05) is 29.3 Å². The smallest absolute Gasteiger partial charge is 0.147 e. The Morgan fingerprint density at radius 1 is 1.31 bits per heavy atom. The Labute approximate surface area is 105 Å². The maximum Gasteiger partial charge on any atom is 0.147 e. The molecule has 2 aliphatic rings. The van der Waals surface area contributed by atoms with E-state index in [-0.39, 0.29) is 0 Å². The fourth-order valence-corrected chi connectivity index (χ4v) is 2.96. The van der Waals surface area contributed by atoms with Crippen molar-refractivity contribution in [3.05, 3.63) is 34.1 Å². The van der Waals surface area contributed by atoms with Crippen LogP contribution in [-0.2, 0) is 0 Å². The lowest BCUT2D eigenvalue weighted by Gasteiger charge is -2.13. The van der Waals surface area contributed by atoms with Crippen molar-refractivity contribution in [3.8, 4) is 0 Å². The van der Waals surface area contributed by atoms with Gasteiger partial charge in [-0.3, -0.25) is 0 Å². The zero-order chi connectivity index (χ0) is 11.1. The van der Waals surface area contributed by atoms with Crippen LogP contribution in [0, 0.1) is 11.8 Å². The quantitative estimate of drug-likeness (QED) is 0.780. The van der Waals surface area contributed by atoms with Crippen molar-refractivity contribution in [2.45, 2.75) is 6.42 Å². The van der Waals surface area contributed by atoms with Gasteiger partial charge in [0.2, 0.25) is 0 Å². The summed E-state index contributed by atoms with van der Waals surface area (Å²) in [4.78, 5) is 4.11. The number of nitrogens with zero attached hydrogens (tertiary/aromatic N) is 1. The predicted molar refractivity (Wildman–Crippen MR) is 66.7 cm³/mol. The fourth-order valence-electron chi connectivity index (χ4n) is 2.69. The highest BCUT2D eigenvalue weighted by molar-refractivity contribution is 6.41. The Hall–Kier alpha value is -0.570. The van der Waals surface area contributed by atoms with Gasteiger partial charge in [0.15, 0.2) is 0 Å². The van der Waals surface area contributed by atoms with Crippen LogP contribution in [0.5, 0.6) is 0 Å². The zero-order valence-corrected chi connectivity index (χ0v) is 10.2. The van der Waals surface area contributed by atoms with Gasteiger partial charge in [-0.15, -0.1) is 0 Å². The molecule has 0 unspecified atom stereocenters. The maximum atomic E-state index is 6.00. The molecule has 0 saturated carbocycles. The van der Waals surface area contributed by atoms with Gasteiger partial charge in [0.25, 0.3) is 0 Å². The van der Waals surface area contributed by atoms with Crippen molar-refractivity contribution in [3.63, 3.8) is 0 Å². The van der Waals surface area contributed by atoms with Gasteiger partial charge in [-0.2, -0.15) is 0 Å². The molecule has 0 spiro atoms. The third-order valence-corrected chi connectivity index (χ3v) is 4.20. The molecule has 4 heteroatoms. The van der Waals surface area contributed by atoms with Crippen LogP contribution in [0.3, 0.4) is 0 Å². The number of nitrogens with one attached hydrogen (secondary N) is 1. The van der Waals surface area contributed by atoms with Crippen LogP contribution in [0.25, 0.3) is 5.57 Å². The summed E-state index contributed by atoms with van der Waals surface area (Å²) < 4.78 is 0. The van der Waals surface area contributed by atoms with E-state index in [0.29, 0.717) is 16.1 Å². The number of pyridine rings is 1. The molecule has 1 aliphatic heterocycles. The number of hydrogen-bond acceptors (Lipinski definition) is 2. The standard InChI is InChI=1S/C12H12Cl2N2/c13-11-3-8(5-16-12(11)14)9-2-1-7-4-15-6-10(7)9/h2-3,5,7,10,15H,1,4,6H2/t7-,10+/m0/s1. The van der Waals surface area contributed by atoms with Gasteiger partial charge in [0, 0.05) is 18.7 Å². The van der Waals surface area contributed by atoms with E-state index in [1.807, 2.05) is 12.3 Å². The monoisotopic (exact) mass is 254 g/mol. The van der Waals surface area contributed by atoms with Gasteiger partial charge < -0.3 is 5.32 Å². The molecular formula is C12H12Cl2N2. The molecular weight excluding hydrogens is 243 g/mol. The Kier molecular flexibility index (Phi) is 2.66. The van der Waals surface area contributed by atoms with Crippen molar-refractivity contribution in [1.82, 2.24) is 10.3 Å². The molecule has 1 aromatic heterocycles. The second kappa shape index (κ2) is 4.02. The topological polar surface area (TPSA) is 24.9 Å². The van der Waals surface area contributed by atoms with Gasteiger partial charge in [0.1, 0.15) is 5.15 Å². The summed E-state index contributed by atoms with van der Waals surface area (Å²) in [6.07, 6.45) is 5.30. The first-order valence-corrected chi connectivity index (χ1v) is 6.23. The largest absolute Gasteiger partial charge is 0.316 e. The van der Waals surface area contributed by atoms with Crippen LogP contribution < -0.4 is 5.32 Å². The summed E-state index contributed by atoms with van der Waals surface area (Å²) >= 11 is 11.8. The number of rotatable bonds is 1. The van der Waals surface area contributed by atoms with Gasteiger partial charge >= 0.3 is 0 Å². The first-order valence-electron chi connectivity index (χ1n) is 5.48. The fraction of sp³-hybridized carbons (Fsp3) is 0.417. The number of fused-ring (bicyclic) bond motifs is 1. The van der Waals surface area contributed by atoms with E-state index >= 15 is 0 Å². The minimum Gasteiger partial charge on any atom is -0.316 e. The third-order valence-electron chi connectivity index (χ3n) is 3.51. The summed E-state index contributed by atoms with van der Waals surface area (Å²) in [5.74, 6) is 1.38. The molecule has 2 nitrogen and oxygen atoms in total. The molecule has 84 valence electrons. The van der Waals surface area contributed by atoms with Crippen LogP contribution in [0.4, 0.5) is 0 Å². The Balaban J connectivity index is 1.95. The van der Waals surface area contributed by atoms with E-state index in [2.05, 4.69) is 16.4 Å². The number of allylic oxidation sites excluding steroid dienone is 1. The van der Waals surface area contributed by atoms with Crippen molar-refractivity contribution >= 4 is 28.8 Å². The second-order valence-electron chi connectivity index (χ2n) is 4.42. The van der Waals surface area contributed by atoms with Gasteiger partial charge in [0.05, 0.1) is 5.02 Å². The van der Waals surface area contributed by atoms with Crippen molar-refractivity contribution in [1.29, 1.82) is 0 Å². The highest BCUT2D eigenvalue weighted by Gasteiger charge is 2.34. The van der Waals surface area contributed by atoms with E-state index < -0.39 is 0 Å². The molecule has 0 amide bonds. The Bertz CT molecular complexity index is 456. The lowest BCUT2D eigenvalue weighted by Crippen LogP contribution is -2.10. The molecule has 0 bridgehead atoms. The van der Waals surface area contributed by atoms with E-state index in [0.717, 1.165) is 31.0 Å². The molecule has 1 aliphatic carbocycles. The summed E-state index contributed by atoms with van der Waals surface area (Å²) in [5, 5.41) is 4.35. The molecule has 1 N–H and O–H groups in total. The molecule has 16 heavy (non-hydrogen) atoms. The maximum absolute atomic E-state index is 6.00. The van der Waals surface area contributed by atoms with Crippen LogP contribution in [0.2, 0.25) is 10.2 Å². The molecule has 2 atom stereocenters. The molecule has 0 radical (unpaired) electrons. The van der Waals surface area contributed by atoms with E-state index in [1.165, 1.54) is 5.57 Å². The number of aromatic nitrogens is 1. The summed E-state index contributed by atoms with van der Waals surface area (Å²) in [6, 6.07) is 1.92. The summed E-state index contributed by atoms with van der Waals surface area (Å²) in [7, 11) is 0. The highest BCUT2D eigenvalue weighted by Crippen LogP contribution is 2.40. The van der Waals surface area contributed by atoms with E-state index in [1.54, 1.807) is 0 Å². The third kappa shape index (κ3) is 1.65. The summed E-state index contributed by atoms with van der Waals surface area (Å²) in [5.41, 5.74) is 2.49. The normalized spacial score (nSPS) is 28.0. The Morgan fingerprint density at radius 2 is 2.19 bits per heavy atom. The summed E-state index contributed by atoms with van der Waals surface area (Å²) in [6.45, 7) is 2.19. The number of halogens is 2. The SMILES string of the molecule is Clc1cc(C2=CC[C@H]3CNC[C@@H]23)cnc1Cl. The van der Waals surface area contributed by atoms with Crippen LogP contribution >= 0.6 is 23.2 Å². The first-order chi connectivity index (χ1) is 7.75. The van der Waals surface area contributed by atoms with Crippen LogP contribution in [0.1, 0.15) is 12.0 Å². The molecule has 1 fully saturated rings. The highest BCUT2D eigenvalue weighted by atomic mass is 35.5. The first kappa shape index (κ1) is 10.6. The molecule has 2 heterocycles. The lowest BCUT2D eigenvalue weighted by molar-refractivity contribution is 0.542. The van der Waals surface area contributed by atoms with Crippen molar-refractivity contribution in [2.75, 3.05) is 13.1 Å². The Morgan fingerprint density at radius 3 is 3.00 bits per heavy atom. The average Bonchev–Trinajstić information content (AvgIpc) is 2.83. The van der Waals surface area contributed by atoms with Crippen LogP contribution in [0.15, 0.2) is 18.3 Å². The van der Waals surface area contributed by atoms with Crippen molar-refractivity contribution in [2.24, 2.45) is 11.8 Å². The molecule has 3 rings (SSSR count). The number of hydrogen-bond donors (Lipinski definition) is 1. The van der Waals surface area contributed by atoms with Gasteiger partial charge in [-0.25, -0.2) is 4.98 Å². The van der Waals surface area contributed by atoms with E-state index in [4.69, 9.17) is 23.2 Å².